The smallest absolute Gasteiger partial charge is 0.316 e. The van der Waals surface area contributed by atoms with Crippen LogP contribution in [0.25, 0.3) is 0 Å². The van der Waals surface area contributed by atoms with Crippen LogP contribution in [0, 0.1) is 12.6 Å². The van der Waals surface area contributed by atoms with E-state index in [2.05, 4.69) is 13.8 Å². The summed E-state index contributed by atoms with van der Waals surface area (Å²) in [6, 6.07) is 0. The monoisotopic (exact) mass is 526 g/mol. The summed E-state index contributed by atoms with van der Waals surface area (Å²) in [5, 5.41) is 0. The second-order valence-corrected chi connectivity index (χ2v) is 11.6. The zero-order chi connectivity index (χ0) is 19.6. The molecule has 0 fully saturated rings. The maximum absolute atomic E-state index is 5.50. The van der Waals surface area contributed by atoms with Crippen LogP contribution in [-0.4, -0.2) is 6.61 Å². The van der Waals surface area contributed by atoms with Crippen molar-refractivity contribution in [3.05, 3.63) is 6.66 Å². The number of hydrogen-bond donors (Lipinski definition) is 0. The van der Waals surface area contributed by atoms with Gasteiger partial charge in [0.15, 0.2) is 9.03 Å². The lowest BCUT2D eigenvalue weighted by atomic mass is 10.0. The number of rotatable bonds is 19. The molecule has 2 radical (unpaired) electrons. The van der Waals surface area contributed by atoms with Crippen molar-refractivity contribution in [1.29, 1.82) is 0 Å². The van der Waals surface area contributed by atoms with E-state index in [0.717, 1.165) is 25.7 Å². The molecule has 0 aliphatic carbocycles. The Morgan fingerprint density at radius 1 is 1.00 bits per heavy atom. The van der Waals surface area contributed by atoms with Crippen LogP contribution >= 0.6 is 72.0 Å². The molecule has 0 saturated carbocycles. The summed E-state index contributed by atoms with van der Waals surface area (Å²) in [6.45, 7) is 9.93. The molecule has 17 heteroatoms. The molecule has 0 aliphatic rings. The lowest BCUT2D eigenvalue weighted by Gasteiger charge is -2.21. The SMILES string of the molecule is [CH]POPOP(OP)OP(OOCC(CC)CCCC)OP(OP)OP. The van der Waals surface area contributed by atoms with Crippen molar-refractivity contribution in [3.8, 4) is 0 Å². The third-order valence-corrected chi connectivity index (χ3v) is 8.82. The average Bonchev–Trinajstić information content (AvgIpc) is 2.67. The largest absolute Gasteiger partial charge is 0.377 e. The maximum Gasteiger partial charge on any atom is 0.377 e. The van der Waals surface area contributed by atoms with Crippen molar-refractivity contribution in [2.75, 3.05) is 6.61 Å². The summed E-state index contributed by atoms with van der Waals surface area (Å²) >= 11 is 0. The van der Waals surface area contributed by atoms with E-state index in [1.54, 1.807) is 0 Å². The van der Waals surface area contributed by atoms with E-state index in [-0.39, 0.29) is 17.8 Å². The number of unbranched alkanes of at least 4 members (excludes halogenated alkanes) is 1. The van der Waals surface area contributed by atoms with Crippen LogP contribution in [0.5, 0.6) is 0 Å². The Morgan fingerprint density at radius 3 is 2.19 bits per heavy atom. The van der Waals surface area contributed by atoms with Gasteiger partial charge < -0.3 is 4.31 Å². The summed E-state index contributed by atoms with van der Waals surface area (Å²) in [4.78, 5) is 5.32. The third-order valence-electron chi connectivity index (χ3n) is 2.70. The highest BCUT2D eigenvalue weighted by atomic mass is 31.3. The van der Waals surface area contributed by atoms with Crippen molar-refractivity contribution >= 4 is 72.0 Å². The number of hydrogen-bond acceptors (Lipinski definition) is 9. The molecule has 0 heterocycles. The summed E-state index contributed by atoms with van der Waals surface area (Å²) in [7, 11) is 0.0472. The van der Waals surface area contributed by atoms with Gasteiger partial charge in [0.1, 0.15) is 0 Å². The molecule has 8 unspecified atom stereocenters. The molecule has 0 amide bonds. The molecule has 0 spiro atoms. The van der Waals surface area contributed by atoms with Gasteiger partial charge in [0.05, 0.1) is 6.61 Å². The van der Waals surface area contributed by atoms with E-state index in [0.29, 0.717) is 12.5 Å². The van der Waals surface area contributed by atoms with E-state index in [4.69, 9.17) is 46.4 Å². The molecular weight excluding hydrogens is 500 g/mol. The standard InChI is InChI=1S/C9H26O9P8/c1-4-6-7-9(5-2)8-10-11-24(17-25(12-19)13-20)18-26(14-21)16-23-15-22-3/h3,9,22-23H,4-8,19-21H2,1-2H3. The zero-order valence-electron chi connectivity index (χ0n) is 14.4. The highest BCUT2D eigenvalue weighted by Crippen LogP contribution is 2.65. The van der Waals surface area contributed by atoms with Crippen LogP contribution in [0.4, 0.5) is 0 Å². The van der Waals surface area contributed by atoms with Gasteiger partial charge in [-0.15, -0.1) is 0 Å². The van der Waals surface area contributed by atoms with E-state index in [9.17, 15) is 0 Å². The maximum atomic E-state index is 5.50. The Balaban J connectivity index is 4.52. The fraction of sp³-hybridized carbons (Fsp3) is 0.889. The predicted molar refractivity (Wildman–Crippen MR) is 119 cm³/mol. The minimum absolute atomic E-state index is 0.197. The molecule has 0 bridgehead atoms. The first kappa shape index (κ1) is 29.1. The minimum atomic E-state index is -2.01. The third kappa shape index (κ3) is 15.9. The Hall–Kier alpha value is 3.08. The van der Waals surface area contributed by atoms with Crippen molar-refractivity contribution in [2.45, 2.75) is 39.5 Å². The zero-order valence-corrected chi connectivity index (χ0v) is 22.6. The fourth-order valence-electron chi connectivity index (χ4n) is 1.41. The summed E-state index contributed by atoms with van der Waals surface area (Å²) in [5.74, 6) is 0.389. The van der Waals surface area contributed by atoms with E-state index >= 15 is 0 Å². The summed E-state index contributed by atoms with van der Waals surface area (Å²) in [5.41, 5.74) is 0. The Bertz CT molecular complexity index is 306. The lowest BCUT2D eigenvalue weighted by molar-refractivity contribution is -0.221. The fourth-order valence-corrected chi connectivity index (χ4v) is 7.10. The summed E-state index contributed by atoms with van der Waals surface area (Å²) < 4.78 is 41.3. The van der Waals surface area contributed by atoms with Crippen LogP contribution in [0.3, 0.4) is 0 Å². The van der Waals surface area contributed by atoms with Gasteiger partial charge in [0.2, 0.25) is 0 Å². The van der Waals surface area contributed by atoms with Gasteiger partial charge in [-0.05, 0) is 12.3 Å². The quantitative estimate of drug-likeness (QED) is 0.0759. The van der Waals surface area contributed by atoms with Crippen LogP contribution in [0.15, 0.2) is 0 Å². The van der Waals surface area contributed by atoms with Gasteiger partial charge in [-0.2, -0.15) is 4.67 Å². The first-order chi connectivity index (χ1) is 12.6. The van der Waals surface area contributed by atoms with Gasteiger partial charge in [-0.25, -0.2) is 13.5 Å². The van der Waals surface area contributed by atoms with E-state index in [1.165, 1.54) is 0 Å². The van der Waals surface area contributed by atoms with Gasteiger partial charge in [0.25, 0.3) is 0 Å². The Labute approximate surface area is 170 Å². The van der Waals surface area contributed by atoms with Gasteiger partial charge >= 0.3 is 25.8 Å². The molecule has 0 rings (SSSR count). The highest BCUT2D eigenvalue weighted by Gasteiger charge is 2.29. The molecule has 0 aromatic rings. The van der Waals surface area contributed by atoms with Crippen molar-refractivity contribution in [2.24, 2.45) is 5.92 Å². The van der Waals surface area contributed by atoms with E-state index < -0.39 is 25.8 Å². The predicted octanol–water partition coefficient (Wildman–Crippen LogP) is 7.09. The Morgan fingerprint density at radius 2 is 1.65 bits per heavy atom. The molecule has 0 aromatic carbocycles. The molecular formula is C9H26O9P8. The molecule has 0 N–H and O–H groups in total. The lowest BCUT2D eigenvalue weighted by Crippen LogP contribution is -2.08. The van der Waals surface area contributed by atoms with Crippen molar-refractivity contribution in [3.63, 3.8) is 0 Å². The van der Waals surface area contributed by atoms with Gasteiger partial charge in [0, 0.05) is 43.9 Å². The summed E-state index contributed by atoms with van der Waals surface area (Å²) in [6.07, 6.45) is 4.33. The minimum Gasteiger partial charge on any atom is -0.316 e. The molecule has 26 heavy (non-hydrogen) atoms. The molecule has 9 nitrogen and oxygen atoms in total. The molecule has 8 atom stereocenters. The van der Waals surface area contributed by atoms with Crippen LogP contribution < -0.4 is 0 Å². The van der Waals surface area contributed by atoms with E-state index in [1.807, 2.05) is 28.4 Å². The first-order valence-electron chi connectivity index (χ1n) is 7.35. The van der Waals surface area contributed by atoms with Crippen molar-refractivity contribution in [1.82, 2.24) is 0 Å². The normalized spacial score (nSPS) is 16.3. The van der Waals surface area contributed by atoms with Gasteiger partial charge in [-0.3, -0.25) is 17.2 Å². The van der Waals surface area contributed by atoms with Crippen LogP contribution in [0.2, 0.25) is 0 Å². The second-order valence-electron chi connectivity index (χ2n) is 4.32. The molecule has 0 saturated heterocycles. The average molecular weight is 526 g/mol. The molecule has 0 aromatic heterocycles. The molecule has 156 valence electrons. The van der Waals surface area contributed by atoms with Gasteiger partial charge in [-0.1, -0.05) is 33.1 Å². The Kier molecular flexibility index (Phi) is 23.8. The van der Waals surface area contributed by atoms with Crippen LogP contribution in [0.1, 0.15) is 39.5 Å². The second kappa shape index (κ2) is 21.3. The van der Waals surface area contributed by atoms with Crippen molar-refractivity contribution < 1.29 is 39.7 Å². The van der Waals surface area contributed by atoms with Crippen LogP contribution in [-0.2, 0) is 39.7 Å². The first-order valence-corrected chi connectivity index (χ1v) is 13.8. The topological polar surface area (TPSA) is 83.1 Å². The highest BCUT2D eigenvalue weighted by molar-refractivity contribution is 7.65. The molecule has 0 aliphatic heterocycles.